The van der Waals surface area contributed by atoms with Crippen LogP contribution in [0.5, 0.6) is 0 Å². The second-order valence-corrected chi connectivity index (χ2v) is 6.78. The molecule has 0 aliphatic carbocycles. The minimum atomic E-state index is -1.32. The SMILES string of the molecule is CC(=O)c1cccc(C#Cc2ccccc2)c1C1O[C@H](CO)[C@@H](O)[C@H](O)[C@H]1N. The first-order chi connectivity index (χ1) is 13.4. The number of carbonyl (C=O) groups is 1. The molecule has 146 valence electrons. The summed E-state index contributed by atoms with van der Waals surface area (Å²) in [5.41, 5.74) is 8.30. The van der Waals surface area contributed by atoms with Crippen LogP contribution in [0.3, 0.4) is 0 Å². The fourth-order valence-electron chi connectivity index (χ4n) is 3.35. The largest absolute Gasteiger partial charge is 0.394 e. The summed E-state index contributed by atoms with van der Waals surface area (Å²) >= 11 is 0. The number of hydrogen-bond donors (Lipinski definition) is 4. The van der Waals surface area contributed by atoms with Gasteiger partial charge in [-0.1, -0.05) is 42.2 Å². The van der Waals surface area contributed by atoms with Crippen LogP contribution in [-0.4, -0.2) is 52.1 Å². The molecule has 2 aromatic carbocycles. The molecule has 5 N–H and O–H groups in total. The van der Waals surface area contributed by atoms with E-state index in [0.717, 1.165) is 5.56 Å². The number of carbonyl (C=O) groups excluding carboxylic acids is 1. The number of aliphatic hydroxyl groups is 3. The third-order valence-corrected chi connectivity index (χ3v) is 4.86. The van der Waals surface area contributed by atoms with Crippen molar-refractivity contribution in [1.29, 1.82) is 0 Å². The van der Waals surface area contributed by atoms with Crippen molar-refractivity contribution in [3.8, 4) is 11.8 Å². The van der Waals surface area contributed by atoms with Crippen LogP contribution in [0, 0.1) is 11.8 Å². The van der Waals surface area contributed by atoms with Crippen LogP contribution in [0.25, 0.3) is 0 Å². The molecule has 0 amide bonds. The van der Waals surface area contributed by atoms with Crippen LogP contribution in [0.15, 0.2) is 48.5 Å². The standard InChI is InChI=1S/C22H23NO5/c1-13(25)16-9-5-8-15(11-10-14-6-3-2-4-7-14)18(16)22-19(23)21(27)20(26)17(12-24)28-22/h2-9,17,19-22,24,26-27H,12,23H2,1H3/t17-,19-,20-,21-,22?/m1/s1. The Morgan fingerprint density at radius 3 is 2.43 bits per heavy atom. The predicted octanol–water partition coefficient (Wildman–Crippen LogP) is 0.770. The Morgan fingerprint density at radius 1 is 1.07 bits per heavy atom. The van der Waals surface area contributed by atoms with E-state index in [0.29, 0.717) is 16.7 Å². The molecule has 6 nitrogen and oxygen atoms in total. The van der Waals surface area contributed by atoms with Crippen LogP contribution in [0.1, 0.15) is 40.1 Å². The minimum Gasteiger partial charge on any atom is -0.394 e. The van der Waals surface area contributed by atoms with Crippen molar-refractivity contribution in [3.63, 3.8) is 0 Å². The van der Waals surface area contributed by atoms with Gasteiger partial charge in [-0.15, -0.1) is 0 Å². The third-order valence-electron chi connectivity index (χ3n) is 4.86. The highest BCUT2D eigenvalue weighted by Gasteiger charge is 2.44. The van der Waals surface area contributed by atoms with Gasteiger partial charge in [-0.05, 0) is 25.1 Å². The van der Waals surface area contributed by atoms with Crippen molar-refractivity contribution >= 4 is 5.78 Å². The summed E-state index contributed by atoms with van der Waals surface area (Å²) < 4.78 is 5.80. The molecule has 1 aliphatic heterocycles. The summed E-state index contributed by atoms with van der Waals surface area (Å²) in [6.45, 7) is 0.936. The third kappa shape index (κ3) is 3.99. The quantitative estimate of drug-likeness (QED) is 0.461. The molecule has 5 atom stereocenters. The number of nitrogens with two attached hydrogens (primary N) is 1. The van der Waals surface area contributed by atoms with Crippen molar-refractivity contribution in [1.82, 2.24) is 0 Å². The Balaban J connectivity index is 2.10. The van der Waals surface area contributed by atoms with Crippen molar-refractivity contribution < 1.29 is 24.9 Å². The molecule has 1 heterocycles. The molecule has 1 unspecified atom stereocenters. The molecule has 0 radical (unpaired) electrons. The Morgan fingerprint density at radius 2 is 1.79 bits per heavy atom. The summed E-state index contributed by atoms with van der Waals surface area (Å²) in [5, 5.41) is 29.9. The van der Waals surface area contributed by atoms with E-state index in [4.69, 9.17) is 10.5 Å². The molecule has 28 heavy (non-hydrogen) atoms. The molecular weight excluding hydrogens is 358 g/mol. The topological polar surface area (TPSA) is 113 Å². The van der Waals surface area contributed by atoms with E-state index in [2.05, 4.69) is 11.8 Å². The lowest BCUT2D eigenvalue weighted by atomic mass is 9.85. The van der Waals surface area contributed by atoms with Gasteiger partial charge in [0.25, 0.3) is 0 Å². The van der Waals surface area contributed by atoms with E-state index in [9.17, 15) is 20.1 Å². The maximum absolute atomic E-state index is 12.2. The Bertz CT molecular complexity index is 900. The number of Topliss-reactive ketones (excluding diaryl/α,β-unsaturated/α-hetero) is 1. The van der Waals surface area contributed by atoms with Crippen molar-refractivity contribution in [3.05, 3.63) is 70.8 Å². The lowest BCUT2D eigenvalue weighted by molar-refractivity contribution is -0.191. The van der Waals surface area contributed by atoms with E-state index in [1.807, 2.05) is 30.3 Å². The van der Waals surface area contributed by atoms with E-state index in [1.165, 1.54) is 6.92 Å². The van der Waals surface area contributed by atoms with E-state index >= 15 is 0 Å². The zero-order valence-electron chi connectivity index (χ0n) is 15.4. The van der Waals surface area contributed by atoms with Gasteiger partial charge in [-0.3, -0.25) is 4.79 Å². The second-order valence-electron chi connectivity index (χ2n) is 6.78. The first-order valence-electron chi connectivity index (χ1n) is 9.03. The van der Waals surface area contributed by atoms with Crippen LogP contribution >= 0.6 is 0 Å². The van der Waals surface area contributed by atoms with Gasteiger partial charge in [-0.25, -0.2) is 0 Å². The highest BCUT2D eigenvalue weighted by molar-refractivity contribution is 5.96. The zero-order chi connectivity index (χ0) is 20.3. The average molecular weight is 381 g/mol. The van der Waals surface area contributed by atoms with Crippen LogP contribution in [0.2, 0.25) is 0 Å². The number of ether oxygens (including phenoxy) is 1. The number of benzene rings is 2. The Labute approximate surface area is 163 Å². The van der Waals surface area contributed by atoms with Gasteiger partial charge >= 0.3 is 0 Å². The lowest BCUT2D eigenvalue weighted by Crippen LogP contribution is -2.58. The molecule has 0 saturated carbocycles. The van der Waals surface area contributed by atoms with Gasteiger partial charge in [0.05, 0.1) is 12.6 Å². The monoisotopic (exact) mass is 381 g/mol. The lowest BCUT2D eigenvalue weighted by Gasteiger charge is -2.41. The van der Waals surface area contributed by atoms with Crippen LogP contribution in [-0.2, 0) is 4.74 Å². The van der Waals surface area contributed by atoms with Crippen LogP contribution in [0.4, 0.5) is 0 Å². The molecule has 0 spiro atoms. The molecule has 1 fully saturated rings. The van der Waals surface area contributed by atoms with Gasteiger partial charge < -0.3 is 25.8 Å². The maximum atomic E-state index is 12.2. The molecule has 2 aromatic rings. The minimum absolute atomic E-state index is 0.199. The summed E-state index contributed by atoms with van der Waals surface area (Å²) in [6.07, 6.45) is -4.56. The molecule has 1 aliphatic rings. The zero-order valence-corrected chi connectivity index (χ0v) is 15.4. The number of ketones is 1. The predicted molar refractivity (Wildman–Crippen MR) is 104 cm³/mol. The molecule has 0 aromatic heterocycles. The molecule has 3 rings (SSSR count). The second kappa shape index (κ2) is 8.65. The Hall–Kier alpha value is -2.53. The van der Waals surface area contributed by atoms with Gasteiger partial charge in [0, 0.05) is 22.3 Å². The Kier molecular flexibility index (Phi) is 6.25. The number of aliphatic hydroxyl groups excluding tert-OH is 3. The summed E-state index contributed by atoms with van der Waals surface area (Å²) in [6, 6.07) is 13.5. The van der Waals surface area contributed by atoms with Gasteiger partial charge in [0.15, 0.2) is 5.78 Å². The fraction of sp³-hybridized carbons (Fsp3) is 0.318. The van der Waals surface area contributed by atoms with Crippen LogP contribution < -0.4 is 5.73 Å². The highest BCUT2D eigenvalue weighted by Crippen LogP contribution is 2.35. The van der Waals surface area contributed by atoms with Gasteiger partial charge in [-0.2, -0.15) is 0 Å². The smallest absolute Gasteiger partial charge is 0.160 e. The highest BCUT2D eigenvalue weighted by atomic mass is 16.5. The molecule has 1 saturated heterocycles. The first-order valence-corrected chi connectivity index (χ1v) is 9.03. The van der Waals surface area contributed by atoms with E-state index in [1.54, 1.807) is 18.2 Å². The summed E-state index contributed by atoms with van der Waals surface area (Å²) in [4.78, 5) is 12.2. The number of hydrogen-bond acceptors (Lipinski definition) is 6. The fourth-order valence-corrected chi connectivity index (χ4v) is 3.35. The van der Waals surface area contributed by atoms with Gasteiger partial charge in [0.1, 0.15) is 24.4 Å². The van der Waals surface area contributed by atoms with Gasteiger partial charge in [0.2, 0.25) is 0 Å². The normalized spacial score (nSPS) is 27.0. The maximum Gasteiger partial charge on any atom is 0.160 e. The molecule has 0 bridgehead atoms. The molecular formula is C22H23NO5. The van der Waals surface area contributed by atoms with E-state index in [-0.39, 0.29) is 5.78 Å². The average Bonchev–Trinajstić information content (AvgIpc) is 2.71. The first kappa shape index (κ1) is 20.2. The summed E-state index contributed by atoms with van der Waals surface area (Å²) in [7, 11) is 0. The summed E-state index contributed by atoms with van der Waals surface area (Å²) in [5.74, 6) is 5.91. The van der Waals surface area contributed by atoms with Crippen molar-refractivity contribution in [2.75, 3.05) is 6.61 Å². The van der Waals surface area contributed by atoms with Crippen molar-refractivity contribution in [2.45, 2.75) is 37.4 Å². The van der Waals surface area contributed by atoms with Crippen molar-refractivity contribution in [2.24, 2.45) is 5.73 Å². The number of rotatable bonds is 3. The molecule has 6 heteroatoms. The van der Waals surface area contributed by atoms with E-state index < -0.39 is 37.1 Å².